The van der Waals surface area contributed by atoms with Gasteiger partial charge in [-0.05, 0) is 44.9 Å². The summed E-state index contributed by atoms with van der Waals surface area (Å²) in [5.41, 5.74) is 0.957. The lowest BCUT2D eigenvalue weighted by molar-refractivity contribution is 0.146. The van der Waals surface area contributed by atoms with E-state index in [0.717, 1.165) is 17.0 Å². The highest BCUT2D eigenvalue weighted by molar-refractivity contribution is 7.15. The molecule has 0 unspecified atom stereocenters. The van der Waals surface area contributed by atoms with Crippen LogP contribution in [0.4, 0.5) is 9.93 Å². The number of urea groups is 1. The Morgan fingerprint density at radius 3 is 2.80 bits per heavy atom. The second-order valence-corrected chi connectivity index (χ2v) is 7.17. The van der Waals surface area contributed by atoms with E-state index in [2.05, 4.69) is 15.6 Å². The number of carbonyl (C=O) groups is 1. The average Bonchev–Trinajstić information content (AvgIpc) is 3.05. The number of aliphatic hydroxyl groups excluding tert-OH is 1. The Kier molecular flexibility index (Phi) is 3.69. The van der Waals surface area contributed by atoms with E-state index in [1.54, 1.807) is 0 Å². The first-order chi connectivity index (χ1) is 9.58. The first-order valence-corrected chi connectivity index (χ1v) is 8.02. The summed E-state index contributed by atoms with van der Waals surface area (Å²) in [6.45, 7) is 4.10. The summed E-state index contributed by atoms with van der Waals surface area (Å²) in [5.74, 6) is 1.33. The molecule has 0 radical (unpaired) electrons. The highest BCUT2D eigenvalue weighted by Crippen LogP contribution is 2.48. The number of nitrogens with one attached hydrogen (secondary N) is 2. The highest BCUT2D eigenvalue weighted by Gasteiger charge is 2.47. The molecule has 1 heterocycles. The summed E-state index contributed by atoms with van der Waals surface area (Å²) < 4.78 is 0. The Hall–Kier alpha value is -1.14. The molecule has 2 aliphatic rings. The Balaban J connectivity index is 1.61. The maximum absolute atomic E-state index is 12.1. The van der Waals surface area contributed by atoms with Gasteiger partial charge in [0.1, 0.15) is 0 Å². The summed E-state index contributed by atoms with van der Waals surface area (Å²) in [5, 5.41) is 16.0. The number of amides is 2. The molecular weight excluding hydrogens is 274 g/mol. The van der Waals surface area contributed by atoms with Crippen LogP contribution in [-0.2, 0) is 0 Å². The van der Waals surface area contributed by atoms with Gasteiger partial charge in [-0.2, -0.15) is 0 Å². The molecule has 0 saturated heterocycles. The van der Waals surface area contributed by atoms with Crippen molar-refractivity contribution in [2.24, 2.45) is 17.8 Å². The third kappa shape index (κ3) is 2.42. The molecule has 2 bridgehead atoms. The SMILES string of the molecule is Cc1nc(NC(=O)N[C@H]2[C@H]3CC[C@@H](C3)[C@@H]2CO)sc1C. The van der Waals surface area contributed by atoms with Gasteiger partial charge < -0.3 is 10.4 Å². The third-order valence-electron chi connectivity index (χ3n) is 4.85. The predicted molar refractivity (Wildman–Crippen MR) is 78.9 cm³/mol. The van der Waals surface area contributed by atoms with Crippen molar-refractivity contribution in [2.75, 3.05) is 11.9 Å². The van der Waals surface area contributed by atoms with Crippen LogP contribution in [0.1, 0.15) is 29.8 Å². The van der Waals surface area contributed by atoms with E-state index < -0.39 is 0 Å². The smallest absolute Gasteiger partial charge is 0.321 e. The molecule has 2 amide bonds. The van der Waals surface area contributed by atoms with Crippen LogP contribution in [0.15, 0.2) is 0 Å². The van der Waals surface area contributed by atoms with Crippen molar-refractivity contribution in [2.45, 2.75) is 39.2 Å². The number of carbonyl (C=O) groups excluding carboxylic acids is 1. The quantitative estimate of drug-likeness (QED) is 0.801. The Bertz CT molecular complexity index is 497. The molecule has 3 rings (SSSR count). The van der Waals surface area contributed by atoms with Gasteiger partial charge in [-0.25, -0.2) is 9.78 Å². The fourth-order valence-corrected chi connectivity index (χ4v) is 4.52. The molecule has 0 aromatic carbocycles. The van der Waals surface area contributed by atoms with E-state index in [4.69, 9.17) is 0 Å². The van der Waals surface area contributed by atoms with Crippen molar-refractivity contribution in [3.63, 3.8) is 0 Å². The minimum Gasteiger partial charge on any atom is -0.396 e. The highest BCUT2D eigenvalue weighted by atomic mass is 32.1. The molecule has 110 valence electrons. The second-order valence-electron chi connectivity index (χ2n) is 5.96. The summed E-state index contributed by atoms with van der Waals surface area (Å²) in [6.07, 6.45) is 3.51. The molecule has 5 nitrogen and oxygen atoms in total. The topological polar surface area (TPSA) is 74.2 Å². The maximum Gasteiger partial charge on any atom is 0.321 e. The Labute approximate surface area is 122 Å². The van der Waals surface area contributed by atoms with E-state index in [1.807, 2.05) is 13.8 Å². The van der Waals surface area contributed by atoms with Crippen molar-refractivity contribution < 1.29 is 9.90 Å². The van der Waals surface area contributed by atoms with Crippen LogP contribution in [0.25, 0.3) is 0 Å². The van der Waals surface area contributed by atoms with E-state index >= 15 is 0 Å². The number of thiazole rings is 1. The molecule has 3 N–H and O–H groups in total. The molecule has 6 heteroatoms. The van der Waals surface area contributed by atoms with E-state index in [9.17, 15) is 9.90 Å². The number of anilines is 1. The minimum absolute atomic E-state index is 0.112. The number of nitrogens with zero attached hydrogens (tertiary/aromatic N) is 1. The predicted octanol–water partition coefficient (Wildman–Crippen LogP) is 2.29. The van der Waals surface area contributed by atoms with Crippen LogP contribution in [0.3, 0.4) is 0 Å². The zero-order valence-corrected chi connectivity index (χ0v) is 12.7. The molecular formula is C14H21N3O2S. The number of rotatable bonds is 3. The molecule has 0 aliphatic heterocycles. The first kappa shape index (κ1) is 13.8. The lowest BCUT2D eigenvalue weighted by atomic mass is 9.85. The monoisotopic (exact) mass is 295 g/mol. The number of aryl methyl sites for hydroxylation is 2. The zero-order valence-electron chi connectivity index (χ0n) is 11.8. The fraction of sp³-hybridized carbons (Fsp3) is 0.714. The largest absolute Gasteiger partial charge is 0.396 e. The van der Waals surface area contributed by atoms with Gasteiger partial charge >= 0.3 is 6.03 Å². The number of hydrogen-bond donors (Lipinski definition) is 3. The number of aromatic nitrogens is 1. The molecule has 1 aromatic heterocycles. The Morgan fingerprint density at radius 2 is 2.15 bits per heavy atom. The molecule has 0 spiro atoms. The van der Waals surface area contributed by atoms with Gasteiger partial charge in [-0.15, -0.1) is 11.3 Å². The first-order valence-electron chi connectivity index (χ1n) is 7.21. The zero-order chi connectivity index (χ0) is 14.3. The van der Waals surface area contributed by atoms with Gasteiger partial charge in [0.05, 0.1) is 5.69 Å². The minimum atomic E-state index is -0.199. The van der Waals surface area contributed by atoms with Crippen LogP contribution in [0.5, 0.6) is 0 Å². The van der Waals surface area contributed by atoms with Crippen molar-refractivity contribution in [1.29, 1.82) is 0 Å². The number of fused-ring (bicyclic) bond motifs is 2. The van der Waals surface area contributed by atoms with Gasteiger partial charge in [0.2, 0.25) is 0 Å². The van der Waals surface area contributed by atoms with E-state index in [-0.39, 0.29) is 24.6 Å². The Morgan fingerprint density at radius 1 is 1.40 bits per heavy atom. The molecule has 20 heavy (non-hydrogen) atoms. The average molecular weight is 295 g/mol. The van der Waals surface area contributed by atoms with Gasteiger partial charge in [0.25, 0.3) is 0 Å². The van der Waals surface area contributed by atoms with Gasteiger partial charge in [0.15, 0.2) is 5.13 Å². The molecule has 2 fully saturated rings. The van der Waals surface area contributed by atoms with Crippen molar-refractivity contribution in [3.8, 4) is 0 Å². The van der Waals surface area contributed by atoms with Crippen LogP contribution in [0.2, 0.25) is 0 Å². The molecule has 1 aromatic rings. The third-order valence-corrected chi connectivity index (χ3v) is 5.83. The van der Waals surface area contributed by atoms with Gasteiger partial charge in [-0.1, -0.05) is 0 Å². The van der Waals surface area contributed by atoms with Crippen LogP contribution in [0, 0.1) is 31.6 Å². The number of hydrogen-bond acceptors (Lipinski definition) is 4. The van der Waals surface area contributed by atoms with Gasteiger partial charge in [-0.3, -0.25) is 5.32 Å². The molecule has 4 atom stereocenters. The molecule has 2 saturated carbocycles. The lowest BCUT2D eigenvalue weighted by Gasteiger charge is -2.30. The van der Waals surface area contributed by atoms with E-state index in [0.29, 0.717) is 17.0 Å². The summed E-state index contributed by atoms with van der Waals surface area (Å²) in [6, 6.07) is -0.0874. The van der Waals surface area contributed by atoms with Gasteiger partial charge in [0, 0.05) is 23.4 Å². The summed E-state index contributed by atoms with van der Waals surface area (Å²) >= 11 is 1.49. The van der Waals surface area contributed by atoms with Crippen LogP contribution >= 0.6 is 11.3 Å². The fourth-order valence-electron chi connectivity index (χ4n) is 3.71. The number of aliphatic hydroxyl groups is 1. The van der Waals surface area contributed by atoms with Crippen molar-refractivity contribution in [1.82, 2.24) is 10.3 Å². The van der Waals surface area contributed by atoms with E-state index in [1.165, 1.54) is 24.2 Å². The maximum atomic E-state index is 12.1. The van der Waals surface area contributed by atoms with Crippen molar-refractivity contribution >= 4 is 22.5 Å². The summed E-state index contributed by atoms with van der Waals surface area (Å²) in [4.78, 5) is 17.5. The normalized spacial score (nSPS) is 31.6. The summed E-state index contributed by atoms with van der Waals surface area (Å²) in [7, 11) is 0. The van der Waals surface area contributed by atoms with Crippen LogP contribution in [-0.4, -0.2) is 28.8 Å². The van der Waals surface area contributed by atoms with Crippen LogP contribution < -0.4 is 10.6 Å². The standard InChI is InChI=1S/C14H21N3O2S/c1-7-8(2)20-14(15-7)17-13(19)16-12-10-4-3-9(5-10)11(12)6-18/h9-12,18H,3-6H2,1-2H3,(H2,15,16,17,19)/t9-,10-,11-,12-/m0/s1. The molecule has 2 aliphatic carbocycles. The second kappa shape index (κ2) is 5.33. The lowest BCUT2D eigenvalue weighted by Crippen LogP contribution is -2.46. The van der Waals surface area contributed by atoms with Crippen molar-refractivity contribution in [3.05, 3.63) is 10.6 Å².